The average molecular weight is 236 g/mol. The van der Waals surface area contributed by atoms with Gasteiger partial charge in [0, 0.05) is 13.1 Å². The van der Waals surface area contributed by atoms with Crippen LogP contribution in [0, 0.1) is 13.8 Å². The van der Waals surface area contributed by atoms with Crippen LogP contribution >= 0.6 is 0 Å². The van der Waals surface area contributed by atoms with Crippen LogP contribution in [-0.2, 0) is 6.54 Å². The van der Waals surface area contributed by atoms with Crippen LogP contribution in [0.5, 0.6) is 0 Å². The number of hydrogen-bond donors (Lipinski definition) is 2. The predicted molar refractivity (Wildman–Crippen MR) is 71.9 cm³/mol. The van der Waals surface area contributed by atoms with Crippen LogP contribution in [-0.4, -0.2) is 36.2 Å². The quantitative estimate of drug-likeness (QED) is 0.786. The maximum absolute atomic E-state index is 9.70. The van der Waals surface area contributed by atoms with Gasteiger partial charge in [0.15, 0.2) is 0 Å². The topological polar surface area (TPSA) is 49.5 Å². The van der Waals surface area contributed by atoms with Crippen LogP contribution in [0.4, 0.5) is 0 Å². The monoisotopic (exact) mass is 236 g/mol. The Labute approximate surface area is 104 Å². The number of aliphatic hydroxyl groups excluding tert-OH is 1. The summed E-state index contributed by atoms with van der Waals surface area (Å²) in [5.41, 5.74) is 9.33. The van der Waals surface area contributed by atoms with Gasteiger partial charge in [-0.3, -0.25) is 4.90 Å². The maximum Gasteiger partial charge on any atom is 0.0679 e. The average Bonchev–Trinajstić information content (AvgIpc) is 2.23. The lowest BCUT2D eigenvalue weighted by atomic mass is 10.1. The fourth-order valence-electron chi connectivity index (χ4n) is 1.97. The van der Waals surface area contributed by atoms with E-state index >= 15 is 0 Å². The highest BCUT2D eigenvalue weighted by atomic mass is 16.3. The molecule has 0 aliphatic carbocycles. The Bertz CT molecular complexity index is 352. The van der Waals surface area contributed by atoms with Gasteiger partial charge in [-0.25, -0.2) is 0 Å². The smallest absolute Gasteiger partial charge is 0.0679 e. The number of rotatable bonds is 6. The van der Waals surface area contributed by atoms with Crippen molar-refractivity contribution in [2.24, 2.45) is 5.73 Å². The van der Waals surface area contributed by atoms with E-state index in [1.807, 2.05) is 7.05 Å². The van der Waals surface area contributed by atoms with Crippen LogP contribution in [0.3, 0.4) is 0 Å². The molecule has 0 aromatic heterocycles. The molecular weight excluding hydrogens is 212 g/mol. The molecule has 0 radical (unpaired) electrons. The second kappa shape index (κ2) is 6.74. The second-order valence-corrected chi connectivity index (χ2v) is 4.86. The fourth-order valence-corrected chi connectivity index (χ4v) is 1.97. The molecule has 1 aromatic rings. The third-order valence-corrected chi connectivity index (χ3v) is 2.97. The van der Waals surface area contributed by atoms with Crippen LogP contribution in [0.25, 0.3) is 0 Å². The number of nitrogens with two attached hydrogens (primary N) is 1. The minimum absolute atomic E-state index is 0.324. The Morgan fingerprint density at radius 3 is 2.71 bits per heavy atom. The molecule has 1 rings (SSSR count). The van der Waals surface area contributed by atoms with Crippen LogP contribution < -0.4 is 5.73 Å². The SMILES string of the molecule is Cc1ccc(C)c(CN(C)CC(O)CCN)c1. The molecule has 0 saturated carbocycles. The summed E-state index contributed by atoms with van der Waals surface area (Å²) in [5.74, 6) is 0. The van der Waals surface area contributed by atoms with Gasteiger partial charge in [-0.05, 0) is 45.0 Å². The molecule has 17 heavy (non-hydrogen) atoms. The molecule has 0 saturated heterocycles. The Morgan fingerprint density at radius 2 is 2.06 bits per heavy atom. The molecule has 1 aromatic carbocycles. The highest BCUT2D eigenvalue weighted by Crippen LogP contribution is 2.12. The molecule has 96 valence electrons. The molecule has 0 aliphatic heterocycles. The normalized spacial score (nSPS) is 13.1. The van der Waals surface area contributed by atoms with Crippen LogP contribution in [0.1, 0.15) is 23.1 Å². The van der Waals surface area contributed by atoms with E-state index in [4.69, 9.17) is 5.73 Å². The first-order valence-corrected chi connectivity index (χ1v) is 6.15. The third-order valence-electron chi connectivity index (χ3n) is 2.97. The molecular formula is C14H24N2O. The molecule has 3 nitrogen and oxygen atoms in total. The number of aliphatic hydroxyl groups is 1. The van der Waals surface area contributed by atoms with E-state index in [1.165, 1.54) is 16.7 Å². The van der Waals surface area contributed by atoms with Crippen molar-refractivity contribution in [1.82, 2.24) is 4.90 Å². The largest absolute Gasteiger partial charge is 0.392 e. The number of likely N-dealkylation sites (N-methyl/N-ethyl adjacent to an activating group) is 1. The van der Waals surface area contributed by atoms with Crippen LogP contribution in [0.15, 0.2) is 18.2 Å². The molecule has 0 fully saturated rings. The first kappa shape index (κ1) is 14.2. The summed E-state index contributed by atoms with van der Waals surface area (Å²) in [6.07, 6.45) is 0.340. The lowest BCUT2D eigenvalue weighted by Gasteiger charge is -2.21. The zero-order valence-corrected chi connectivity index (χ0v) is 11.1. The Kier molecular flexibility index (Phi) is 5.62. The summed E-state index contributed by atoms with van der Waals surface area (Å²) in [5, 5.41) is 9.70. The van der Waals surface area contributed by atoms with Crippen molar-refractivity contribution in [3.63, 3.8) is 0 Å². The van der Waals surface area contributed by atoms with Gasteiger partial charge >= 0.3 is 0 Å². The van der Waals surface area contributed by atoms with E-state index in [0.717, 1.165) is 6.54 Å². The van der Waals surface area contributed by atoms with Crippen molar-refractivity contribution in [3.8, 4) is 0 Å². The lowest BCUT2D eigenvalue weighted by molar-refractivity contribution is 0.117. The summed E-state index contributed by atoms with van der Waals surface area (Å²) in [6, 6.07) is 6.48. The molecule has 0 heterocycles. The van der Waals surface area contributed by atoms with Crippen molar-refractivity contribution in [2.45, 2.75) is 32.9 Å². The van der Waals surface area contributed by atoms with E-state index in [-0.39, 0.29) is 6.10 Å². The predicted octanol–water partition coefficient (Wildman–Crippen LogP) is 1.44. The number of aryl methyl sites for hydroxylation is 2. The van der Waals surface area contributed by atoms with E-state index in [9.17, 15) is 5.11 Å². The molecule has 3 heteroatoms. The minimum Gasteiger partial charge on any atom is -0.392 e. The van der Waals surface area contributed by atoms with E-state index in [1.54, 1.807) is 0 Å². The van der Waals surface area contributed by atoms with Gasteiger partial charge in [-0.15, -0.1) is 0 Å². The van der Waals surface area contributed by atoms with Crippen LogP contribution in [0.2, 0.25) is 0 Å². The first-order chi connectivity index (χ1) is 8.02. The van der Waals surface area contributed by atoms with E-state index in [2.05, 4.69) is 36.9 Å². The first-order valence-electron chi connectivity index (χ1n) is 6.15. The van der Waals surface area contributed by atoms with Gasteiger partial charge in [-0.1, -0.05) is 23.8 Å². The summed E-state index contributed by atoms with van der Waals surface area (Å²) in [6.45, 7) is 6.31. The van der Waals surface area contributed by atoms with Crippen molar-refractivity contribution in [3.05, 3.63) is 34.9 Å². The van der Waals surface area contributed by atoms with Gasteiger partial charge < -0.3 is 10.8 Å². The van der Waals surface area contributed by atoms with E-state index in [0.29, 0.717) is 19.5 Å². The molecule has 0 aliphatic rings. The lowest BCUT2D eigenvalue weighted by Crippen LogP contribution is -2.30. The molecule has 1 unspecified atom stereocenters. The zero-order valence-electron chi connectivity index (χ0n) is 11.1. The van der Waals surface area contributed by atoms with Gasteiger partial charge in [0.2, 0.25) is 0 Å². The van der Waals surface area contributed by atoms with Gasteiger partial charge in [0.05, 0.1) is 6.10 Å². The van der Waals surface area contributed by atoms with E-state index < -0.39 is 0 Å². The van der Waals surface area contributed by atoms with Crippen molar-refractivity contribution in [1.29, 1.82) is 0 Å². The Balaban J connectivity index is 2.55. The van der Waals surface area contributed by atoms with Crippen molar-refractivity contribution in [2.75, 3.05) is 20.1 Å². The van der Waals surface area contributed by atoms with Gasteiger partial charge in [-0.2, -0.15) is 0 Å². The minimum atomic E-state index is -0.324. The summed E-state index contributed by atoms with van der Waals surface area (Å²) in [7, 11) is 2.03. The van der Waals surface area contributed by atoms with Gasteiger partial charge in [0.1, 0.15) is 0 Å². The highest BCUT2D eigenvalue weighted by molar-refractivity contribution is 5.30. The highest BCUT2D eigenvalue weighted by Gasteiger charge is 2.09. The van der Waals surface area contributed by atoms with Crippen molar-refractivity contribution < 1.29 is 5.11 Å². The number of nitrogens with zero attached hydrogens (tertiary/aromatic N) is 1. The Morgan fingerprint density at radius 1 is 1.35 bits per heavy atom. The second-order valence-electron chi connectivity index (χ2n) is 4.86. The fraction of sp³-hybridized carbons (Fsp3) is 0.571. The molecule has 0 bridgehead atoms. The summed E-state index contributed by atoms with van der Waals surface area (Å²) < 4.78 is 0. The maximum atomic E-state index is 9.70. The molecule has 1 atom stereocenters. The molecule has 3 N–H and O–H groups in total. The molecule has 0 amide bonds. The van der Waals surface area contributed by atoms with Gasteiger partial charge in [0.25, 0.3) is 0 Å². The zero-order chi connectivity index (χ0) is 12.8. The Hall–Kier alpha value is -0.900. The number of benzene rings is 1. The summed E-state index contributed by atoms with van der Waals surface area (Å²) >= 11 is 0. The van der Waals surface area contributed by atoms with Crippen molar-refractivity contribution >= 4 is 0 Å². The third kappa shape index (κ3) is 4.86. The summed E-state index contributed by atoms with van der Waals surface area (Å²) in [4.78, 5) is 2.14. The standard InChI is InChI=1S/C14H24N2O/c1-11-4-5-12(2)13(8-11)9-16(3)10-14(17)6-7-15/h4-5,8,14,17H,6-7,9-10,15H2,1-3H3. The molecule has 0 spiro atoms. The number of hydrogen-bond acceptors (Lipinski definition) is 3.